The number of ether oxygens (including phenoxy) is 3. The fourth-order valence-electron chi connectivity index (χ4n) is 5.34. The third kappa shape index (κ3) is 7.45. The maximum atomic E-state index is 12.9. The fourth-order valence-corrected chi connectivity index (χ4v) is 6.16. The van der Waals surface area contributed by atoms with Crippen LogP contribution in [0.25, 0.3) is 0 Å². The van der Waals surface area contributed by atoms with Crippen LogP contribution in [0.15, 0.2) is 78.2 Å². The second kappa shape index (κ2) is 13.2. The number of carbonyl (C=O) groups excluding carboxylic acids is 1. The molecule has 1 saturated carbocycles. The standard InChI is InChI=1S/C33H35N3O4S/c37-33(34-27-9-5-2-6-10-27)29-22-41-32(35-29)20-36(19-26-13-16-30-31(17-26)40-23-39-30)18-24-11-14-28(15-12-24)38-21-25-7-3-1-4-8-25/h1,3-4,7-8,11-17,22,27H,2,5-6,9-10,18-21,23H2,(H,34,37). The summed E-state index contributed by atoms with van der Waals surface area (Å²) < 4.78 is 17.1. The maximum Gasteiger partial charge on any atom is 0.270 e. The molecule has 1 fully saturated rings. The largest absolute Gasteiger partial charge is 0.489 e. The monoisotopic (exact) mass is 569 g/mol. The van der Waals surface area contributed by atoms with Crippen LogP contribution in [0.2, 0.25) is 0 Å². The lowest BCUT2D eigenvalue weighted by atomic mass is 9.95. The van der Waals surface area contributed by atoms with Gasteiger partial charge < -0.3 is 19.5 Å². The minimum absolute atomic E-state index is 0.0622. The van der Waals surface area contributed by atoms with E-state index in [-0.39, 0.29) is 18.7 Å². The molecule has 0 radical (unpaired) electrons. The van der Waals surface area contributed by atoms with E-state index in [1.54, 1.807) is 0 Å². The van der Waals surface area contributed by atoms with Gasteiger partial charge in [0.2, 0.25) is 6.79 Å². The first-order valence-corrected chi connectivity index (χ1v) is 15.2. The first-order valence-electron chi connectivity index (χ1n) is 14.3. The number of hydrogen-bond acceptors (Lipinski definition) is 7. The number of hydrogen-bond donors (Lipinski definition) is 1. The van der Waals surface area contributed by atoms with Gasteiger partial charge in [0.05, 0.1) is 6.54 Å². The quantitative estimate of drug-likeness (QED) is 0.216. The maximum absolute atomic E-state index is 12.9. The summed E-state index contributed by atoms with van der Waals surface area (Å²) in [5.74, 6) is 2.33. The summed E-state index contributed by atoms with van der Waals surface area (Å²) in [7, 11) is 0. The Morgan fingerprint density at radius 2 is 1.63 bits per heavy atom. The fraction of sp³-hybridized carbons (Fsp3) is 0.333. The van der Waals surface area contributed by atoms with Gasteiger partial charge in [0.15, 0.2) is 11.5 Å². The lowest BCUT2D eigenvalue weighted by molar-refractivity contribution is 0.0923. The van der Waals surface area contributed by atoms with Crippen molar-refractivity contribution in [3.05, 3.63) is 106 Å². The summed E-state index contributed by atoms with van der Waals surface area (Å²) in [6.45, 7) is 2.84. The zero-order chi connectivity index (χ0) is 27.9. The topological polar surface area (TPSA) is 72.9 Å². The molecule has 3 aromatic carbocycles. The van der Waals surface area contributed by atoms with Gasteiger partial charge >= 0.3 is 0 Å². The lowest BCUT2D eigenvalue weighted by Gasteiger charge is -2.22. The van der Waals surface area contributed by atoms with E-state index in [0.29, 0.717) is 25.4 Å². The first kappa shape index (κ1) is 27.3. The molecule has 0 unspecified atom stereocenters. The number of nitrogens with zero attached hydrogens (tertiary/aromatic N) is 2. The van der Waals surface area contributed by atoms with Gasteiger partial charge in [-0.3, -0.25) is 9.69 Å². The molecule has 6 rings (SSSR count). The molecule has 0 atom stereocenters. The second-order valence-corrected chi connectivity index (χ2v) is 11.6. The molecular formula is C33H35N3O4S. The van der Waals surface area contributed by atoms with Gasteiger partial charge in [0.25, 0.3) is 5.91 Å². The third-order valence-electron chi connectivity index (χ3n) is 7.50. The van der Waals surface area contributed by atoms with E-state index in [9.17, 15) is 4.79 Å². The molecule has 8 heteroatoms. The molecule has 1 aliphatic heterocycles. The van der Waals surface area contributed by atoms with Crippen molar-refractivity contribution in [3.63, 3.8) is 0 Å². The van der Waals surface area contributed by atoms with Gasteiger partial charge in [-0.1, -0.05) is 67.8 Å². The van der Waals surface area contributed by atoms with Crippen molar-refractivity contribution in [1.29, 1.82) is 0 Å². The molecule has 1 aromatic heterocycles. The van der Waals surface area contributed by atoms with Gasteiger partial charge in [0.1, 0.15) is 23.1 Å². The molecule has 2 aliphatic rings. The van der Waals surface area contributed by atoms with Crippen molar-refractivity contribution >= 4 is 17.2 Å². The number of rotatable bonds is 11. The number of aromatic nitrogens is 1. The van der Waals surface area contributed by atoms with Crippen molar-refractivity contribution in [2.24, 2.45) is 0 Å². The smallest absolute Gasteiger partial charge is 0.270 e. The van der Waals surface area contributed by atoms with Crippen molar-refractivity contribution in [1.82, 2.24) is 15.2 Å². The van der Waals surface area contributed by atoms with Gasteiger partial charge in [-0.15, -0.1) is 11.3 Å². The van der Waals surface area contributed by atoms with E-state index in [4.69, 9.17) is 19.2 Å². The average Bonchev–Trinajstić information content (AvgIpc) is 3.67. The van der Waals surface area contributed by atoms with Crippen molar-refractivity contribution in [2.45, 2.75) is 64.4 Å². The molecular weight excluding hydrogens is 534 g/mol. The molecule has 41 heavy (non-hydrogen) atoms. The van der Waals surface area contributed by atoms with Crippen LogP contribution >= 0.6 is 11.3 Å². The molecule has 0 spiro atoms. The summed E-state index contributed by atoms with van der Waals surface area (Å²) in [5.41, 5.74) is 3.95. The highest BCUT2D eigenvalue weighted by Crippen LogP contribution is 2.33. The number of thiazole rings is 1. The zero-order valence-corrected chi connectivity index (χ0v) is 23.9. The third-order valence-corrected chi connectivity index (χ3v) is 8.34. The van der Waals surface area contributed by atoms with Gasteiger partial charge in [-0.25, -0.2) is 4.98 Å². The number of carbonyl (C=O) groups is 1. The Morgan fingerprint density at radius 3 is 2.46 bits per heavy atom. The van der Waals surface area contributed by atoms with Crippen molar-refractivity contribution in [3.8, 4) is 17.2 Å². The summed E-state index contributed by atoms with van der Waals surface area (Å²) >= 11 is 1.54. The highest BCUT2D eigenvalue weighted by molar-refractivity contribution is 7.09. The van der Waals surface area contributed by atoms with Crippen molar-refractivity contribution in [2.75, 3.05) is 6.79 Å². The molecule has 1 N–H and O–H groups in total. The van der Waals surface area contributed by atoms with Crippen LogP contribution in [0.5, 0.6) is 17.2 Å². The molecule has 7 nitrogen and oxygen atoms in total. The summed E-state index contributed by atoms with van der Waals surface area (Å²) in [6.07, 6.45) is 5.74. The number of fused-ring (bicyclic) bond motifs is 1. The van der Waals surface area contributed by atoms with E-state index in [1.807, 2.05) is 47.8 Å². The van der Waals surface area contributed by atoms with Crippen LogP contribution in [-0.2, 0) is 26.2 Å². The van der Waals surface area contributed by atoms with E-state index in [2.05, 4.69) is 40.5 Å². The van der Waals surface area contributed by atoms with Crippen LogP contribution in [0.4, 0.5) is 0 Å². The number of nitrogens with one attached hydrogen (secondary N) is 1. The predicted molar refractivity (Wildman–Crippen MR) is 159 cm³/mol. The van der Waals surface area contributed by atoms with Crippen LogP contribution < -0.4 is 19.5 Å². The first-order chi connectivity index (χ1) is 20.2. The van der Waals surface area contributed by atoms with Gasteiger partial charge in [0, 0.05) is 24.5 Å². The highest BCUT2D eigenvalue weighted by Gasteiger charge is 2.20. The highest BCUT2D eigenvalue weighted by atomic mass is 32.1. The van der Waals surface area contributed by atoms with Crippen LogP contribution in [0.3, 0.4) is 0 Å². The van der Waals surface area contributed by atoms with Gasteiger partial charge in [-0.2, -0.15) is 0 Å². The molecule has 1 aliphatic carbocycles. The minimum Gasteiger partial charge on any atom is -0.489 e. The van der Waals surface area contributed by atoms with Crippen molar-refractivity contribution < 1.29 is 19.0 Å². The van der Waals surface area contributed by atoms with Gasteiger partial charge in [-0.05, 0) is 53.8 Å². The SMILES string of the molecule is O=C(NC1CCCCC1)c1csc(CN(Cc2ccc(OCc3ccccc3)cc2)Cc2ccc3c(c2)OCO3)n1. The summed E-state index contributed by atoms with van der Waals surface area (Å²) in [5, 5.41) is 5.98. The van der Waals surface area contributed by atoms with E-state index in [1.165, 1.54) is 36.2 Å². The van der Waals surface area contributed by atoms with E-state index in [0.717, 1.165) is 52.8 Å². The second-order valence-electron chi connectivity index (χ2n) is 10.7. The Kier molecular flexibility index (Phi) is 8.78. The summed E-state index contributed by atoms with van der Waals surface area (Å²) in [6, 6.07) is 24.8. The Bertz CT molecular complexity index is 1430. The molecule has 212 valence electrons. The van der Waals surface area contributed by atoms with Crippen LogP contribution in [-0.4, -0.2) is 28.6 Å². The lowest BCUT2D eigenvalue weighted by Crippen LogP contribution is -2.36. The molecule has 0 saturated heterocycles. The zero-order valence-electron chi connectivity index (χ0n) is 23.1. The Morgan fingerprint density at radius 1 is 0.878 bits per heavy atom. The minimum atomic E-state index is -0.0622. The number of benzene rings is 3. The Hall–Kier alpha value is -3.88. The van der Waals surface area contributed by atoms with E-state index < -0.39 is 0 Å². The average molecular weight is 570 g/mol. The molecule has 1 amide bonds. The predicted octanol–water partition coefficient (Wildman–Crippen LogP) is 6.72. The Labute approximate surface area is 245 Å². The van der Waals surface area contributed by atoms with Crippen LogP contribution in [0, 0.1) is 0 Å². The Balaban J connectivity index is 1.13. The molecule has 0 bridgehead atoms. The molecule has 2 heterocycles. The number of amides is 1. The van der Waals surface area contributed by atoms with Crippen LogP contribution in [0.1, 0.15) is 64.3 Å². The normalized spacial score (nSPS) is 14.8. The van der Waals surface area contributed by atoms with E-state index >= 15 is 0 Å². The molecule has 4 aromatic rings. The summed E-state index contributed by atoms with van der Waals surface area (Å²) in [4.78, 5) is 19.9.